The molecule has 2 aromatic carbocycles. The fraction of sp³-hybridized carbons (Fsp3) is 0.636. The molecule has 0 radical (unpaired) electrons. The van der Waals surface area contributed by atoms with Gasteiger partial charge in [0.25, 0.3) is 0 Å². The van der Waals surface area contributed by atoms with Crippen LogP contribution >= 0.6 is 0 Å². The van der Waals surface area contributed by atoms with Gasteiger partial charge in [-0.1, -0.05) is 89.0 Å². The normalized spacial score (nSPS) is 17.7. The molecule has 1 aliphatic carbocycles. The van der Waals surface area contributed by atoms with Crippen molar-refractivity contribution in [1.82, 2.24) is 0 Å². The third kappa shape index (κ3) is 11.8. The lowest BCUT2D eigenvalue weighted by atomic mass is 9.84. The number of hydrogen-bond acceptors (Lipinski definition) is 3. The molecule has 0 heterocycles. The first-order valence-corrected chi connectivity index (χ1v) is 14.8. The van der Waals surface area contributed by atoms with Crippen molar-refractivity contribution >= 4 is 0 Å². The van der Waals surface area contributed by atoms with Crippen LogP contribution in [0.2, 0.25) is 0 Å². The van der Waals surface area contributed by atoms with Crippen LogP contribution in [0.25, 0.3) is 0 Å². The van der Waals surface area contributed by atoms with E-state index in [9.17, 15) is 5.11 Å². The molecule has 3 nitrogen and oxygen atoms in total. The number of hydrogen-bond donors (Lipinski definition) is 1. The highest BCUT2D eigenvalue weighted by Gasteiger charge is 2.18. The number of aliphatic hydroxyl groups excluding tert-OH is 1. The van der Waals surface area contributed by atoms with E-state index in [1.807, 2.05) is 0 Å². The van der Waals surface area contributed by atoms with Gasteiger partial charge < -0.3 is 14.6 Å². The van der Waals surface area contributed by atoms with Gasteiger partial charge in [0.05, 0.1) is 12.7 Å². The molecule has 0 saturated heterocycles. The molecule has 1 fully saturated rings. The summed E-state index contributed by atoms with van der Waals surface area (Å²) in [5.74, 6) is 2.64. The van der Waals surface area contributed by atoms with E-state index in [2.05, 4.69) is 55.5 Å². The van der Waals surface area contributed by atoms with Gasteiger partial charge in [-0.15, -0.1) is 0 Å². The summed E-state index contributed by atoms with van der Waals surface area (Å²) in [6.07, 6.45) is 20.0. The van der Waals surface area contributed by atoms with Crippen LogP contribution in [0, 0.1) is 5.92 Å². The highest BCUT2D eigenvalue weighted by atomic mass is 16.5. The van der Waals surface area contributed by atoms with E-state index in [4.69, 9.17) is 9.47 Å². The van der Waals surface area contributed by atoms with E-state index in [-0.39, 0.29) is 6.10 Å². The molecule has 2 aromatic rings. The molecule has 36 heavy (non-hydrogen) atoms. The van der Waals surface area contributed by atoms with Gasteiger partial charge >= 0.3 is 0 Å². The smallest absolute Gasteiger partial charge is 0.119 e. The average molecular weight is 495 g/mol. The second kappa shape index (κ2) is 17.5. The van der Waals surface area contributed by atoms with Crippen molar-refractivity contribution in [2.24, 2.45) is 5.92 Å². The Balaban J connectivity index is 1.23. The molecular weight excluding hydrogens is 444 g/mol. The Morgan fingerprint density at radius 1 is 0.639 bits per heavy atom. The average Bonchev–Trinajstić information content (AvgIpc) is 2.91. The lowest BCUT2D eigenvalue weighted by Gasteiger charge is -2.25. The molecule has 0 amide bonds. The molecule has 1 aliphatic rings. The van der Waals surface area contributed by atoms with Crippen molar-refractivity contribution in [3.05, 3.63) is 59.7 Å². The molecule has 1 N–H and O–H groups in total. The highest BCUT2D eigenvalue weighted by molar-refractivity contribution is 5.29. The number of aryl methyl sites for hydroxylation is 1. The maximum Gasteiger partial charge on any atom is 0.119 e. The standard InChI is InChI=1S/C33H50O3/c1-2-3-4-5-6-7-8-9-10-11-26-35-32-24-18-30(19-25-32)27-36-33-22-16-29(17-23-33)13-12-28-14-20-31(34)21-15-28/h16-19,22-25,28,31,34H,2-15,20-21,26-27H2,1H3/t28-,31-. The first kappa shape index (κ1) is 28.6. The van der Waals surface area contributed by atoms with Gasteiger partial charge in [-0.05, 0) is 86.3 Å². The van der Waals surface area contributed by atoms with Crippen LogP contribution in [0.3, 0.4) is 0 Å². The largest absolute Gasteiger partial charge is 0.494 e. The number of benzene rings is 2. The van der Waals surface area contributed by atoms with E-state index in [0.29, 0.717) is 6.61 Å². The lowest BCUT2D eigenvalue weighted by Crippen LogP contribution is -2.18. The van der Waals surface area contributed by atoms with E-state index >= 15 is 0 Å². The number of ether oxygens (including phenoxy) is 2. The van der Waals surface area contributed by atoms with Crippen LogP contribution in [0.15, 0.2) is 48.5 Å². The van der Waals surface area contributed by atoms with Gasteiger partial charge in [0.1, 0.15) is 18.1 Å². The summed E-state index contributed by atoms with van der Waals surface area (Å²) in [6, 6.07) is 16.9. The molecule has 0 aromatic heterocycles. The Bertz CT molecular complexity index is 791. The molecule has 3 rings (SSSR count). The minimum absolute atomic E-state index is 0.0595. The summed E-state index contributed by atoms with van der Waals surface area (Å²) in [5.41, 5.74) is 2.53. The summed E-state index contributed by atoms with van der Waals surface area (Å²) in [7, 11) is 0. The number of unbranched alkanes of at least 4 members (excludes halogenated alkanes) is 9. The zero-order chi connectivity index (χ0) is 25.3. The zero-order valence-electron chi connectivity index (χ0n) is 22.8. The number of rotatable bonds is 18. The van der Waals surface area contributed by atoms with Crippen molar-refractivity contribution in [2.45, 2.75) is 122 Å². The van der Waals surface area contributed by atoms with Gasteiger partial charge in [0, 0.05) is 0 Å². The maximum atomic E-state index is 9.67. The predicted molar refractivity (Wildman–Crippen MR) is 151 cm³/mol. The van der Waals surface area contributed by atoms with Gasteiger partial charge in [0.2, 0.25) is 0 Å². The Labute approximate surface area is 220 Å². The summed E-state index contributed by atoms with van der Waals surface area (Å²) in [6.45, 7) is 3.66. The minimum atomic E-state index is -0.0595. The van der Waals surface area contributed by atoms with Gasteiger partial charge in [-0.3, -0.25) is 0 Å². The zero-order valence-corrected chi connectivity index (χ0v) is 22.8. The summed E-state index contributed by atoms with van der Waals surface area (Å²) in [5, 5.41) is 9.67. The molecule has 1 saturated carbocycles. The van der Waals surface area contributed by atoms with Crippen molar-refractivity contribution in [1.29, 1.82) is 0 Å². The lowest BCUT2D eigenvalue weighted by molar-refractivity contribution is 0.106. The topological polar surface area (TPSA) is 38.7 Å². The molecule has 200 valence electrons. The van der Waals surface area contributed by atoms with E-state index < -0.39 is 0 Å². The second-order valence-corrected chi connectivity index (χ2v) is 10.8. The van der Waals surface area contributed by atoms with Crippen molar-refractivity contribution < 1.29 is 14.6 Å². The second-order valence-electron chi connectivity index (χ2n) is 10.8. The Kier molecular flexibility index (Phi) is 13.9. The summed E-state index contributed by atoms with van der Waals surface area (Å²) in [4.78, 5) is 0. The first-order chi connectivity index (χ1) is 17.7. The predicted octanol–water partition coefficient (Wildman–Crippen LogP) is 9.05. The summed E-state index contributed by atoms with van der Waals surface area (Å²) >= 11 is 0. The van der Waals surface area contributed by atoms with E-state index in [1.165, 1.54) is 82.6 Å². The van der Waals surface area contributed by atoms with Crippen LogP contribution in [-0.4, -0.2) is 17.8 Å². The summed E-state index contributed by atoms with van der Waals surface area (Å²) < 4.78 is 11.9. The fourth-order valence-corrected chi connectivity index (χ4v) is 5.18. The Hall–Kier alpha value is -2.00. The fourth-order valence-electron chi connectivity index (χ4n) is 5.18. The van der Waals surface area contributed by atoms with Crippen LogP contribution in [0.1, 0.15) is 114 Å². The maximum absolute atomic E-state index is 9.67. The van der Waals surface area contributed by atoms with Crippen LogP contribution in [-0.2, 0) is 13.0 Å². The SMILES string of the molecule is CCCCCCCCCCCCOc1ccc(COc2ccc(CC[C@H]3CC[C@H](O)CC3)cc2)cc1. The Morgan fingerprint density at radius 2 is 1.17 bits per heavy atom. The van der Waals surface area contributed by atoms with Crippen molar-refractivity contribution in [2.75, 3.05) is 6.61 Å². The van der Waals surface area contributed by atoms with E-state index in [1.54, 1.807) is 0 Å². The molecule has 0 atom stereocenters. The number of aliphatic hydroxyl groups is 1. The molecule has 3 heteroatoms. The van der Waals surface area contributed by atoms with Crippen LogP contribution in [0.5, 0.6) is 11.5 Å². The van der Waals surface area contributed by atoms with Gasteiger partial charge in [-0.2, -0.15) is 0 Å². The third-order valence-corrected chi connectivity index (χ3v) is 7.68. The highest BCUT2D eigenvalue weighted by Crippen LogP contribution is 2.28. The monoisotopic (exact) mass is 494 g/mol. The third-order valence-electron chi connectivity index (χ3n) is 7.68. The molecule has 0 unspecified atom stereocenters. The van der Waals surface area contributed by atoms with Crippen molar-refractivity contribution in [3.8, 4) is 11.5 Å². The first-order valence-electron chi connectivity index (χ1n) is 14.8. The minimum Gasteiger partial charge on any atom is -0.494 e. The molecular formula is C33H50O3. The van der Waals surface area contributed by atoms with Gasteiger partial charge in [0.15, 0.2) is 0 Å². The van der Waals surface area contributed by atoms with Gasteiger partial charge in [-0.25, -0.2) is 0 Å². The molecule has 0 aliphatic heterocycles. The molecule has 0 bridgehead atoms. The van der Waals surface area contributed by atoms with Crippen molar-refractivity contribution in [3.63, 3.8) is 0 Å². The Morgan fingerprint density at radius 3 is 1.78 bits per heavy atom. The van der Waals surface area contributed by atoms with Crippen LogP contribution < -0.4 is 9.47 Å². The van der Waals surface area contributed by atoms with E-state index in [0.717, 1.165) is 55.3 Å². The quantitative estimate of drug-likeness (QED) is 0.210. The van der Waals surface area contributed by atoms with Crippen LogP contribution in [0.4, 0.5) is 0 Å². The molecule has 0 spiro atoms.